The van der Waals surface area contributed by atoms with Crippen LogP contribution >= 0.6 is 11.3 Å². The number of carbonyl (C=O) groups excluding carboxylic acids is 1. The maximum absolute atomic E-state index is 12.3. The van der Waals surface area contributed by atoms with Gasteiger partial charge in [-0.1, -0.05) is 5.16 Å². The highest BCUT2D eigenvalue weighted by Gasteiger charge is 2.26. The number of carbonyl (C=O) groups is 1. The molecular formula is C20H20N6O3S2. The van der Waals surface area contributed by atoms with Gasteiger partial charge >= 0.3 is 0 Å². The van der Waals surface area contributed by atoms with Gasteiger partial charge in [0.05, 0.1) is 11.6 Å². The number of anilines is 2. The number of aromatic nitrogens is 3. The molecule has 11 heteroatoms. The van der Waals surface area contributed by atoms with Crippen LogP contribution in [0.25, 0.3) is 0 Å². The molecule has 0 saturated heterocycles. The van der Waals surface area contributed by atoms with Gasteiger partial charge in [-0.15, -0.1) is 11.3 Å². The lowest BCUT2D eigenvalue weighted by atomic mass is 10.2. The molecule has 31 heavy (non-hydrogen) atoms. The number of nitrogens with one attached hydrogen (secondary N) is 1. The van der Waals surface area contributed by atoms with E-state index < -0.39 is 16.9 Å². The minimum absolute atomic E-state index is 0.216. The molecule has 0 radical (unpaired) electrons. The van der Waals surface area contributed by atoms with Crippen LogP contribution in [0.5, 0.6) is 0 Å². The number of nitriles is 1. The van der Waals surface area contributed by atoms with Crippen LogP contribution in [0.2, 0.25) is 0 Å². The summed E-state index contributed by atoms with van der Waals surface area (Å²) in [6.45, 7) is 2.04. The molecular weight excluding hydrogens is 436 g/mol. The average Bonchev–Trinajstić information content (AvgIpc) is 3.30. The van der Waals surface area contributed by atoms with E-state index in [2.05, 4.69) is 25.9 Å². The van der Waals surface area contributed by atoms with Crippen molar-refractivity contribution in [3.05, 3.63) is 52.1 Å². The minimum atomic E-state index is -1.49. The van der Waals surface area contributed by atoms with Crippen LogP contribution in [-0.2, 0) is 24.0 Å². The molecule has 4 rings (SSSR count). The minimum Gasteiger partial charge on any atom is -0.337 e. The molecule has 1 N–H and O–H groups in total. The third-order valence-corrected chi connectivity index (χ3v) is 6.21. The maximum Gasteiger partial charge on any atom is 0.282 e. The number of amides is 1. The number of nitrogens with zero attached hydrogens (tertiary/aromatic N) is 5. The summed E-state index contributed by atoms with van der Waals surface area (Å²) in [6, 6.07) is 9.13. The molecule has 1 saturated carbocycles. The lowest BCUT2D eigenvalue weighted by Crippen LogP contribution is -2.25. The zero-order chi connectivity index (χ0) is 22.0. The summed E-state index contributed by atoms with van der Waals surface area (Å²) in [6.07, 6.45) is 4.60. The first-order valence-corrected chi connectivity index (χ1v) is 12.0. The van der Waals surface area contributed by atoms with Crippen molar-refractivity contribution in [3.8, 4) is 6.07 Å². The van der Waals surface area contributed by atoms with Crippen LogP contribution in [0.4, 0.5) is 10.8 Å². The van der Waals surface area contributed by atoms with Crippen molar-refractivity contribution in [3.63, 3.8) is 0 Å². The second-order valence-electron chi connectivity index (χ2n) is 7.28. The van der Waals surface area contributed by atoms with E-state index in [9.17, 15) is 9.00 Å². The predicted molar refractivity (Wildman–Crippen MR) is 116 cm³/mol. The van der Waals surface area contributed by atoms with Crippen LogP contribution in [0.15, 0.2) is 28.8 Å². The number of hydrogen-bond acceptors (Lipinski definition) is 9. The summed E-state index contributed by atoms with van der Waals surface area (Å²) < 4.78 is 19.2. The fourth-order valence-corrected chi connectivity index (χ4v) is 4.31. The third kappa shape index (κ3) is 5.15. The Hall–Kier alpha value is -3.10. The van der Waals surface area contributed by atoms with Gasteiger partial charge in [0, 0.05) is 23.2 Å². The number of rotatable bonds is 8. The predicted octanol–water partition coefficient (Wildman–Crippen LogP) is 3.02. The van der Waals surface area contributed by atoms with Gasteiger partial charge in [-0.3, -0.25) is 9.52 Å². The smallest absolute Gasteiger partial charge is 0.282 e. The first kappa shape index (κ1) is 21.1. The van der Waals surface area contributed by atoms with E-state index in [1.165, 1.54) is 30.4 Å². The molecule has 2 heterocycles. The monoisotopic (exact) mass is 456 g/mol. The van der Waals surface area contributed by atoms with Crippen molar-refractivity contribution < 1.29 is 13.5 Å². The Morgan fingerprint density at radius 2 is 2.10 bits per heavy atom. The average molecular weight is 457 g/mol. The Kier molecular flexibility index (Phi) is 6.11. The summed E-state index contributed by atoms with van der Waals surface area (Å²) in [5, 5.41) is 13.7. The van der Waals surface area contributed by atoms with Crippen LogP contribution in [-0.4, -0.2) is 31.5 Å². The standard InChI is InChI=1S/C20H20N6O3S2/c1-12-18(19(27)25-31(2)28)23-20(30-12)26(15-7-5-14(10-21)6-8-15)11-17-22-16(24-29-17)9-13-3-4-13/h5-8,13H,3-4,9,11H2,1-2H3,(H,25,27). The van der Waals surface area contributed by atoms with Crippen LogP contribution in [0, 0.1) is 24.2 Å². The van der Waals surface area contributed by atoms with Crippen molar-refractivity contribution in [1.82, 2.24) is 19.8 Å². The second-order valence-corrected chi connectivity index (χ2v) is 9.58. The van der Waals surface area contributed by atoms with E-state index in [0.717, 1.165) is 12.1 Å². The zero-order valence-corrected chi connectivity index (χ0v) is 18.6. The Bertz CT molecular complexity index is 1160. The quantitative estimate of drug-likeness (QED) is 0.548. The van der Waals surface area contributed by atoms with Crippen molar-refractivity contribution in [2.75, 3.05) is 11.2 Å². The molecule has 1 aliphatic rings. The van der Waals surface area contributed by atoms with Crippen LogP contribution < -0.4 is 9.62 Å². The van der Waals surface area contributed by atoms with Gasteiger partial charge in [-0.25, -0.2) is 9.19 Å². The molecule has 0 spiro atoms. The summed E-state index contributed by atoms with van der Waals surface area (Å²) >= 11 is 1.33. The van der Waals surface area contributed by atoms with Gasteiger partial charge in [0.2, 0.25) is 5.89 Å². The van der Waals surface area contributed by atoms with E-state index in [4.69, 9.17) is 9.78 Å². The third-order valence-electron chi connectivity index (χ3n) is 4.75. The molecule has 9 nitrogen and oxygen atoms in total. The fourth-order valence-electron chi connectivity index (χ4n) is 3.03. The number of aryl methyl sites for hydroxylation is 1. The second kappa shape index (κ2) is 8.95. The fraction of sp³-hybridized carbons (Fsp3) is 0.350. The van der Waals surface area contributed by atoms with Gasteiger partial charge in [-0.05, 0) is 49.9 Å². The summed E-state index contributed by atoms with van der Waals surface area (Å²) in [5.41, 5.74) is 1.52. The molecule has 160 valence electrons. The molecule has 1 atom stereocenters. The highest BCUT2D eigenvalue weighted by molar-refractivity contribution is 7.82. The van der Waals surface area contributed by atoms with Crippen molar-refractivity contribution in [1.29, 1.82) is 5.26 Å². The van der Waals surface area contributed by atoms with Gasteiger partial charge < -0.3 is 9.42 Å². The SMILES string of the molecule is Cc1sc(N(Cc2nc(CC3CC3)no2)c2ccc(C#N)cc2)nc1C(=O)NS(C)=O. The Balaban J connectivity index is 1.65. The lowest BCUT2D eigenvalue weighted by molar-refractivity contribution is 0.0978. The number of hydrogen-bond donors (Lipinski definition) is 1. The van der Waals surface area contributed by atoms with E-state index in [1.807, 2.05) is 4.90 Å². The molecule has 0 bridgehead atoms. The van der Waals surface area contributed by atoms with Gasteiger partial charge in [0.1, 0.15) is 23.2 Å². The topological polar surface area (TPSA) is 125 Å². The zero-order valence-electron chi connectivity index (χ0n) is 17.0. The Morgan fingerprint density at radius 1 is 1.35 bits per heavy atom. The van der Waals surface area contributed by atoms with E-state index in [-0.39, 0.29) is 12.2 Å². The van der Waals surface area contributed by atoms with Gasteiger partial charge in [0.25, 0.3) is 5.91 Å². The molecule has 1 amide bonds. The summed E-state index contributed by atoms with van der Waals surface area (Å²) in [7, 11) is -1.49. The summed E-state index contributed by atoms with van der Waals surface area (Å²) in [5.74, 6) is 1.28. The first-order chi connectivity index (χ1) is 14.9. The number of thiazole rings is 1. The Morgan fingerprint density at radius 3 is 2.74 bits per heavy atom. The van der Waals surface area contributed by atoms with Crippen LogP contribution in [0.3, 0.4) is 0 Å². The van der Waals surface area contributed by atoms with Gasteiger partial charge in [0.15, 0.2) is 11.0 Å². The molecule has 3 aromatic rings. The van der Waals surface area contributed by atoms with Crippen molar-refractivity contribution in [2.24, 2.45) is 5.92 Å². The lowest BCUT2D eigenvalue weighted by Gasteiger charge is -2.20. The molecule has 1 fully saturated rings. The van der Waals surface area contributed by atoms with E-state index in [1.54, 1.807) is 31.2 Å². The van der Waals surface area contributed by atoms with Crippen LogP contribution in [0.1, 0.15) is 45.5 Å². The number of benzene rings is 1. The van der Waals surface area contributed by atoms with Gasteiger partial charge in [-0.2, -0.15) is 10.2 Å². The largest absolute Gasteiger partial charge is 0.337 e. The Labute approximate surface area is 185 Å². The molecule has 0 aliphatic heterocycles. The highest BCUT2D eigenvalue weighted by Crippen LogP contribution is 2.34. The summed E-state index contributed by atoms with van der Waals surface area (Å²) in [4.78, 5) is 23.9. The molecule has 1 aliphatic carbocycles. The van der Waals surface area contributed by atoms with E-state index in [0.29, 0.717) is 33.2 Å². The molecule has 1 aromatic carbocycles. The molecule has 1 unspecified atom stereocenters. The first-order valence-electron chi connectivity index (χ1n) is 9.64. The van der Waals surface area contributed by atoms with Crippen molar-refractivity contribution in [2.45, 2.75) is 32.7 Å². The normalized spacial score (nSPS) is 14.1. The maximum atomic E-state index is 12.3. The van der Waals surface area contributed by atoms with Crippen molar-refractivity contribution >= 4 is 39.0 Å². The molecule has 2 aromatic heterocycles. The highest BCUT2D eigenvalue weighted by atomic mass is 32.2. The van der Waals surface area contributed by atoms with E-state index >= 15 is 0 Å².